The summed E-state index contributed by atoms with van der Waals surface area (Å²) in [5, 5.41) is 0. The van der Waals surface area contributed by atoms with Crippen LogP contribution in [0.25, 0.3) is 0 Å². The number of oxazole rings is 1. The van der Waals surface area contributed by atoms with E-state index < -0.39 is 0 Å². The standard InChI is InChI=1S/C9H14N2O.2C2H6/c1-8-10-7-9(12-8)11-5-3-2-4-6-11;2*1-2/h7H,2-6H2,1H3;2*1-2H3. The Morgan fingerprint density at radius 3 is 2.06 bits per heavy atom. The molecule has 1 aromatic heterocycles. The second kappa shape index (κ2) is 9.25. The lowest BCUT2D eigenvalue weighted by Gasteiger charge is -2.25. The van der Waals surface area contributed by atoms with E-state index in [4.69, 9.17) is 4.42 Å². The zero-order valence-corrected chi connectivity index (χ0v) is 11.4. The van der Waals surface area contributed by atoms with Crippen molar-refractivity contribution in [3.05, 3.63) is 12.1 Å². The minimum atomic E-state index is 0.760. The van der Waals surface area contributed by atoms with Gasteiger partial charge in [0.1, 0.15) is 0 Å². The molecule has 0 saturated carbocycles. The average Bonchev–Trinajstić information content (AvgIpc) is 2.82. The lowest BCUT2D eigenvalue weighted by atomic mass is 10.1. The highest BCUT2D eigenvalue weighted by Crippen LogP contribution is 2.19. The van der Waals surface area contributed by atoms with Gasteiger partial charge in [-0.05, 0) is 19.3 Å². The fraction of sp³-hybridized carbons (Fsp3) is 0.769. The molecule has 1 aromatic rings. The molecule has 94 valence electrons. The number of nitrogens with zero attached hydrogens (tertiary/aromatic N) is 2. The lowest BCUT2D eigenvalue weighted by Crippen LogP contribution is -2.28. The molecular formula is C13H26N2O. The van der Waals surface area contributed by atoms with Gasteiger partial charge in [0.05, 0.1) is 6.20 Å². The SMILES string of the molecule is CC.CC.Cc1ncc(N2CCCCC2)o1. The van der Waals surface area contributed by atoms with Crippen LogP contribution in [0.2, 0.25) is 0 Å². The van der Waals surface area contributed by atoms with E-state index in [2.05, 4.69) is 9.88 Å². The Balaban J connectivity index is 0.000000509. The molecule has 0 radical (unpaired) electrons. The smallest absolute Gasteiger partial charge is 0.216 e. The van der Waals surface area contributed by atoms with Crippen molar-refractivity contribution in [2.24, 2.45) is 0 Å². The van der Waals surface area contributed by atoms with Crippen LogP contribution < -0.4 is 4.90 Å². The predicted molar refractivity (Wildman–Crippen MR) is 70.0 cm³/mol. The lowest BCUT2D eigenvalue weighted by molar-refractivity contribution is 0.479. The summed E-state index contributed by atoms with van der Waals surface area (Å²) in [4.78, 5) is 6.35. The van der Waals surface area contributed by atoms with Crippen molar-refractivity contribution >= 4 is 5.88 Å². The van der Waals surface area contributed by atoms with E-state index in [9.17, 15) is 0 Å². The number of aromatic nitrogens is 1. The second-order valence-corrected chi connectivity index (χ2v) is 3.27. The first-order valence-electron chi connectivity index (χ1n) is 6.53. The van der Waals surface area contributed by atoms with Crippen LogP contribution in [-0.4, -0.2) is 18.1 Å². The van der Waals surface area contributed by atoms with Gasteiger partial charge in [0.2, 0.25) is 5.88 Å². The molecule has 0 spiro atoms. The highest BCUT2D eigenvalue weighted by atomic mass is 16.4. The van der Waals surface area contributed by atoms with Crippen molar-refractivity contribution in [3.8, 4) is 0 Å². The zero-order chi connectivity index (χ0) is 12.4. The first-order chi connectivity index (χ1) is 7.86. The molecule has 0 aliphatic carbocycles. The zero-order valence-electron chi connectivity index (χ0n) is 11.4. The molecule has 0 aromatic carbocycles. The summed E-state index contributed by atoms with van der Waals surface area (Å²) in [6.45, 7) is 12.1. The summed E-state index contributed by atoms with van der Waals surface area (Å²) in [6, 6.07) is 0. The first kappa shape index (κ1) is 15.0. The van der Waals surface area contributed by atoms with Gasteiger partial charge in [-0.2, -0.15) is 0 Å². The van der Waals surface area contributed by atoms with Gasteiger partial charge >= 0.3 is 0 Å². The van der Waals surface area contributed by atoms with E-state index >= 15 is 0 Å². The van der Waals surface area contributed by atoms with Crippen molar-refractivity contribution in [1.29, 1.82) is 0 Å². The molecule has 0 unspecified atom stereocenters. The van der Waals surface area contributed by atoms with Crippen LogP contribution in [0, 0.1) is 6.92 Å². The maximum atomic E-state index is 5.44. The maximum absolute atomic E-state index is 5.44. The summed E-state index contributed by atoms with van der Waals surface area (Å²) in [6.07, 6.45) is 5.73. The molecule has 1 aliphatic rings. The molecule has 3 heteroatoms. The van der Waals surface area contributed by atoms with Crippen molar-refractivity contribution in [2.45, 2.75) is 53.9 Å². The fourth-order valence-electron chi connectivity index (χ4n) is 1.61. The largest absolute Gasteiger partial charge is 0.425 e. The van der Waals surface area contributed by atoms with Gasteiger partial charge < -0.3 is 9.32 Å². The van der Waals surface area contributed by atoms with Crippen molar-refractivity contribution in [2.75, 3.05) is 18.0 Å². The number of piperidine rings is 1. The van der Waals surface area contributed by atoms with E-state index in [1.54, 1.807) is 0 Å². The van der Waals surface area contributed by atoms with E-state index in [1.807, 2.05) is 40.8 Å². The third kappa shape index (κ3) is 4.69. The third-order valence-corrected chi connectivity index (χ3v) is 2.28. The normalized spacial score (nSPS) is 14.4. The van der Waals surface area contributed by atoms with E-state index in [-0.39, 0.29) is 0 Å². The second-order valence-electron chi connectivity index (χ2n) is 3.27. The Labute approximate surface area is 99.9 Å². The number of aryl methyl sites for hydroxylation is 1. The minimum Gasteiger partial charge on any atom is -0.425 e. The van der Waals surface area contributed by atoms with E-state index in [1.165, 1.54) is 19.3 Å². The van der Waals surface area contributed by atoms with Crippen molar-refractivity contribution in [3.63, 3.8) is 0 Å². The topological polar surface area (TPSA) is 29.3 Å². The average molecular weight is 226 g/mol. The fourth-order valence-corrected chi connectivity index (χ4v) is 1.61. The molecule has 16 heavy (non-hydrogen) atoms. The molecule has 1 aliphatic heterocycles. The van der Waals surface area contributed by atoms with Crippen molar-refractivity contribution in [1.82, 2.24) is 4.98 Å². The molecule has 0 atom stereocenters. The van der Waals surface area contributed by atoms with Gasteiger partial charge in [-0.15, -0.1) is 0 Å². The molecule has 0 N–H and O–H groups in total. The van der Waals surface area contributed by atoms with Gasteiger partial charge in [0.25, 0.3) is 0 Å². The summed E-state index contributed by atoms with van der Waals surface area (Å²) in [5.74, 6) is 1.70. The van der Waals surface area contributed by atoms with E-state index in [0.717, 1.165) is 24.9 Å². The number of hydrogen-bond acceptors (Lipinski definition) is 3. The van der Waals surface area contributed by atoms with Crippen LogP contribution in [-0.2, 0) is 0 Å². The van der Waals surface area contributed by atoms with Crippen LogP contribution in [0.5, 0.6) is 0 Å². The highest BCUT2D eigenvalue weighted by molar-refractivity contribution is 5.32. The number of anilines is 1. The van der Waals surface area contributed by atoms with Crippen LogP contribution in [0.15, 0.2) is 10.6 Å². The van der Waals surface area contributed by atoms with Crippen molar-refractivity contribution < 1.29 is 4.42 Å². The Morgan fingerprint density at radius 2 is 1.62 bits per heavy atom. The van der Waals surface area contributed by atoms with Crippen LogP contribution in [0.3, 0.4) is 0 Å². The molecule has 2 rings (SSSR count). The summed E-state index contributed by atoms with van der Waals surface area (Å²) in [7, 11) is 0. The highest BCUT2D eigenvalue weighted by Gasteiger charge is 2.13. The Bertz CT molecular complexity index is 252. The van der Waals surface area contributed by atoms with Crippen LogP contribution in [0.1, 0.15) is 52.8 Å². The first-order valence-corrected chi connectivity index (χ1v) is 6.53. The summed E-state index contributed by atoms with van der Waals surface area (Å²) >= 11 is 0. The Hall–Kier alpha value is -0.990. The molecule has 2 heterocycles. The molecule has 1 saturated heterocycles. The third-order valence-electron chi connectivity index (χ3n) is 2.28. The van der Waals surface area contributed by atoms with Gasteiger partial charge in [-0.1, -0.05) is 27.7 Å². The van der Waals surface area contributed by atoms with Gasteiger partial charge in [-0.25, -0.2) is 4.98 Å². The van der Waals surface area contributed by atoms with Gasteiger partial charge in [0.15, 0.2) is 5.89 Å². The van der Waals surface area contributed by atoms with Crippen LogP contribution in [0.4, 0.5) is 5.88 Å². The summed E-state index contributed by atoms with van der Waals surface area (Å²) < 4.78 is 5.44. The Morgan fingerprint density at radius 1 is 1.06 bits per heavy atom. The minimum absolute atomic E-state index is 0.760. The van der Waals surface area contributed by atoms with Gasteiger partial charge in [-0.3, -0.25) is 0 Å². The quantitative estimate of drug-likeness (QED) is 0.724. The molecule has 3 nitrogen and oxygen atoms in total. The number of rotatable bonds is 1. The molecule has 0 amide bonds. The van der Waals surface area contributed by atoms with Crippen LogP contribution >= 0.6 is 0 Å². The predicted octanol–water partition coefficient (Wildman–Crippen LogP) is 4.03. The monoisotopic (exact) mass is 226 g/mol. The molecule has 0 bridgehead atoms. The maximum Gasteiger partial charge on any atom is 0.216 e. The Kier molecular flexibility index (Phi) is 8.68. The number of hydrogen-bond donors (Lipinski definition) is 0. The van der Waals surface area contributed by atoms with E-state index in [0.29, 0.717) is 0 Å². The molecular weight excluding hydrogens is 200 g/mol. The summed E-state index contributed by atoms with van der Waals surface area (Å²) in [5.41, 5.74) is 0. The van der Waals surface area contributed by atoms with Gasteiger partial charge in [0, 0.05) is 20.0 Å². The molecule has 1 fully saturated rings.